The zero-order chi connectivity index (χ0) is 13.4. The van der Waals surface area contributed by atoms with E-state index >= 15 is 0 Å². The molecule has 3 rings (SSSR count). The van der Waals surface area contributed by atoms with E-state index in [1.165, 1.54) is 26.2 Å². The average molecular weight is 257 g/mol. The lowest BCUT2D eigenvalue weighted by Gasteiger charge is -2.20. The van der Waals surface area contributed by atoms with Gasteiger partial charge in [0.05, 0.1) is 0 Å². The molecule has 0 saturated heterocycles. The Morgan fingerprint density at radius 3 is 2.37 bits per heavy atom. The minimum atomic E-state index is -0.0906. The number of ketones is 1. The summed E-state index contributed by atoms with van der Waals surface area (Å²) in [6.07, 6.45) is 4.87. The number of fused-ring (bicyclic) bond motifs is 2. The van der Waals surface area contributed by atoms with E-state index in [2.05, 4.69) is 5.32 Å². The molecule has 0 spiro atoms. The van der Waals surface area contributed by atoms with Gasteiger partial charge in [-0.1, -0.05) is 6.42 Å². The van der Waals surface area contributed by atoms with Gasteiger partial charge in [0, 0.05) is 24.1 Å². The third kappa shape index (κ3) is 2.42. The van der Waals surface area contributed by atoms with Crippen LogP contribution in [-0.2, 0) is 4.79 Å². The van der Waals surface area contributed by atoms with E-state index in [-0.39, 0.29) is 11.8 Å². The summed E-state index contributed by atoms with van der Waals surface area (Å²) in [4.78, 5) is 23.4. The lowest BCUT2D eigenvalue weighted by Crippen LogP contribution is -2.21. The van der Waals surface area contributed by atoms with E-state index in [0.29, 0.717) is 11.7 Å². The van der Waals surface area contributed by atoms with Crippen LogP contribution in [0.15, 0.2) is 24.3 Å². The molecule has 2 aliphatic carbocycles. The zero-order valence-electron chi connectivity index (χ0n) is 11.2. The number of hydrogen-bond donors (Lipinski definition) is 1. The number of anilines is 1. The van der Waals surface area contributed by atoms with Gasteiger partial charge in [-0.05, 0) is 55.4 Å². The van der Waals surface area contributed by atoms with E-state index < -0.39 is 0 Å². The molecular formula is C16H19NO2. The Labute approximate surface area is 113 Å². The fraction of sp³-hybridized carbons (Fsp3) is 0.500. The molecule has 2 saturated carbocycles. The van der Waals surface area contributed by atoms with Crippen LogP contribution in [0.5, 0.6) is 0 Å². The van der Waals surface area contributed by atoms with Gasteiger partial charge in [0.2, 0.25) is 5.91 Å². The van der Waals surface area contributed by atoms with Crippen molar-refractivity contribution in [1.29, 1.82) is 0 Å². The Hall–Kier alpha value is -1.64. The van der Waals surface area contributed by atoms with Gasteiger partial charge in [-0.3, -0.25) is 9.59 Å². The van der Waals surface area contributed by atoms with E-state index in [0.717, 1.165) is 23.6 Å². The van der Waals surface area contributed by atoms with E-state index in [1.54, 1.807) is 0 Å². The van der Waals surface area contributed by atoms with Crippen LogP contribution < -0.4 is 5.32 Å². The van der Waals surface area contributed by atoms with Gasteiger partial charge in [0.25, 0.3) is 0 Å². The topological polar surface area (TPSA) is 46.2 Å². The Morgan fingerprint density at radius 1 is 1.11 bits per heavy atom. The maximum atomic E-state index is 12.5. The second kappa shape index (κ2) is 4.80. The van der Waals surface area contributed by atoms with Crippen LogP contribution in [0.1, 0.15) is 43.0 Å². The first-order chi connectivity index (χ1) is 9.13. The maximum Gasteiger partial charge on any atom is 0.221 e. The highest BCUT2D eigenvalue weighted by atomic mass is 16.1. The Bertz CT molecular complexity index is 506. The first kappa shape index (κ1) is 12.4. The van der Waals surface area contributed by atoms with Crippen molar-refractivity contribution in [3.05, 3.63) is 29.8 Å². The molecule has 19 heavy (non-hydrogen) atoms. The van der Waals surface area contributed by atoms with Crippen LogP contribution in [0.4, 0.5) is 5.69 Å². The number of carbonyl (C=O) groups excluding carboxylic acids is 2. The zero-order valence-corrected chi connectivity index (χ0v) is 11.2. The van der Waals surface area contributed by atoms with Gasteiger partial charge in [0.15, 0.2) is 5.78 Å². The molecule has 1 amide bonds. The number of carbonyl (C=O) groups is 2. The summed E-state index contributed by atoms with van der Waals surface area (Å²) in [6, 6.07) is 7.28. The van der Waals surface area contributed by atoms with Crippen molar-refractivity contribution in [3.63, 3.8) is 0 Å². The molecule has 100 valence electrons. The summed E-state index contributed by atoms with van der Waals surface area (Å²) < 4.78 is 0. The minimum absolute atomic E-state index is 0.0906. The Morgan fingerprint density at radius 2 is 1.84 bits per heavy atom. The van der Waals surface area contributed by atoms with Gasteiger partial charge in [-0.25, -0.2) is 0 Å². The Balaban J connectivity index is 1.72. The van der Waals surface area contributed by atoms with Gasteiger partial charge in [-0.2, -0.15) is 0 Å². The predicted octanol–water partition coefficient (Wildman–Crippen LogP) is 3.26. The number of Topliss-reactive ketones (excluding diaryl/α,β-unsaturated/α-hetero) is 1. The summed E-state index contributed by atoms with van der Waals surface area (Å²) in [5.74, 6) is 1.85. The maximum absolute atomic E-state index is 12.5. The lowest BCUT2D eigenvalue weighted by atomic mass is 9.83. The van der Waals surface area contributed by atoms with Gasteiger partial charge in [0.1, 0.15) is 0 Å². The molecule has 0 radical (unpaired) electrons. The normalized spacial score (nSPS) is 28.4. The van der Waals surface area contributed by atoms with Gasteiger partial charge in [-0.15, -0.1) is 0 Å². The third-order valence-electron chi connectivity index (χ3n) is 4.56. The lowest BCUT2D eigenvalue weighted by molar-refractivity contribution is -0.114. The van der Waals surface area contributed by atoms with Crippen LogP contribution in [0.3, 0.4) is 0 Å². The summed E-state index contributed by atoms with van der Waals surface area (Å²) in [7, 11) is 0. The second-order valence-electron chi connectivity index (χ2n) is 5.90. The SMILES string of the molecule is CC(=O)Nc1ccc(C(=O)C2CC3CCC2C3)cc1. The molecule has 0 heterocycles. The second-order valence-corrected chi connectivity index (χ2v) is 5.90. The molecular weight excluding hydrogens is 238 g/mol. The van der Waals surface area contributed by atoms with Crippen molar-refractivity contribution in [1.82, 2.24) is 0 Å². The standard InChI is InChI=1S/C16H19NO2/c1-10(18)17-14-6-4-12(5-7-14)16(19)15-9-11-2-3-13(15)8-11/h4-7,11,13,15H,2-3,8-9H2,1H3,(H,17,18). The van der Waals surface area contributed by atoms with Crippen molar-refractivity contribution in [3.8, 4) is 0 Å². The molecule has 1 aromatic rings. The van der Waals surface area contributed by atoms with E-state index in [1.807, 2.05) is 24.3 Å². The van der Waals surface area contributed by atoms with Crippen LogP contribution in [0, 0.1) is 17.8 Å². The number of nitrogens with one attached hydrogen (secondary N) is 1. The molecule has 3 atom stereocenters. The van der Waals surface area contributed by atoms with Crippen molar-refractivity contribution < 1.29 is 9.59 Å². The Kier molecular flexibility index (Phi) is 3.13. The van der Waals surface area contributed by atoms with Crippen LogP contribution in [0.25, 0.3) is 0 Å². The van der Waals surface area contributed by atoms with E-state index in [4.69, 9.17) is 0 Å². The van der Waals surface area contributed by atoms with Crippen molar-refractivity contribution in [2.75, 3.05) is 5.32 Å². The first-order valence-electron chi connectivity index (χ1n) is 7.05. The molecule has 3 unspecified atom stereocenters. The monoisotopic (exact) mass is 257 g/mol. The highest BCUT2D eigenvalue weighted by Gasteiger charge is 2.43. The molecule has 1 N–H and O–H groups in total. The molecule has 0 aromatic heterocycles. The predicted molar refractivity (Wildman–Crippen MR) is 74.0 cm³/mol. The third-order valence-corrected chi connectivity index (χ3v) is 4.56. The smallest absolute Gasteiger partial charge is 0.221 e. The molecule has 3 nitrogen and oxygen atoms in total. The van der Waals surface area contributed by atoms with E-state index in [9.17, 15) is 9.59 Å². The number of rotatable bonds is 3. The number of hydrogen-bond acceptors (Lipinski definition) is 2. The largest absolute Gasteiger partial charge is 0.326 e. The molecule has 3 heteroatoms. The highest BCUT2D eigenvalue weighted by Crippen LogP contribution is 2.49. The van der Waals surface area contributed by atoms with Crippen LogP contribution in [-0.4, -0.2) is 11.7 Å². The van der Waals surface area contributed by atoms with Crippen molar-refractivity contribution in [2.24, 2.45) is 17.8 Å². The first-order valence-corrected chi connectivity index (χ1v) is 7.05. The number of benzene rings is 1. The van der Waals surface area contributed by atoms with Crippen LogP contribution >= 0.6 is 0 Å². The summed E-state index contributed by atoms with van der Waals surface area (Å²) in [5.41, 5.74) is 1.53. The molecule has 0 aliphatic heterocycles. The minimum Gasteiger partial charge on any atom is -0.326 e. The van der Waals surface area contributed by atoms with Gasteiger partial charge < -0.3 is 5.32 Å². The highest BCUT2D eigenvalue weighted by molar-refractivity contribution is 5.99. The molecule has 2 aliphatic rings. The average Bonchev–Trinajstić information content (AvgIpc) is 3.00. The van der Waals surface area contributed by atoms with Crippen molar-refractivity contribution in [2.45, 2.75) is 32.6 Å². The van der Waals surface area contributed by atoms with Gasteiger partial charge >= 0.3 is 0 Å². The molecule has 2 fully saturated rings. The fourth-order valence-corrected chi connectivity index (χ4v) is 3.70. The molecule has 1 aromatic carbocycles. The number of amides is 1. The van der Waals surface area contributed by atoms with Crippen molar-refractivity contribution >= 4 is 17.4 Å². The summed E-state index contributed by atoms with van der Waals surface area (Å²) in [5, 5.41) is 2.72. The summed E-state index contributed by atoms with van der Waals surface area (Å²) in [6.45, 7) is 1.48. The summed E-state index contributed by atoms with van der Waals surface area (Å²) >= 11 is 0. The quantitative estimate of drug-likeness (QED) is 0.845. The fourth-order valence-electron chi connectivity index (χ4n) is 3.70. The molecule has 2 bridgehead atoms. The van der Waals surface area contributed by atoms with Crippen LogP contribution in [0.2, 0.25) is 0 Å².